The van der Waals surface area contributed by atoms with Gasteiger partial charge in [-0.15, -0.1) is 0 Å². The van der Waals surface area contributed by atoms with Crippen LogP contribution in [0.2, 0.25) is 0 Å². The summed E-state index contributed by atoms with van der Waals surface area (Å²) in [6.45, 7) is 6.16. The molecule has 0 aliphatic heterocycles. The fourth-order valence-corrected chi connectivity index (χ4v) is 1.11. The molecule has 2 atom stereocenters. The SMILES string of the molecule is CCCC(C)C(C)[CH]C(=O)O. The minimum absolute atomic E-state index is 0.187. The van der Waals surface area contributed by atoms with Crippen LogP contribution in [-0.2, 0) is 4.79 Å². The maximum Gasteiger partial charge on any atom is 0.307 e. The van der Waals surface area contributed by atoms with Gasteiger partial charge in [0.25, 0.3) is 0 Å². The molecule has 0 aliphatic carbocycles. The highest BCUT2D eigenvalue weighted by Gasteiger charge is 2.14. The number of carboxylic acid groups (broad SMARTS) is 1. The van der Waals surface area contributed by atoms with Crippen LogP contribution in [0.3, 0.4) is 0 Å². The Morgan fingerprint density at radius 1 is 1.55 bits per heavy atom. The van der Waals surface area contributed by atoms with Crippen molar-refractivity contribution in [2.24, 2.45) is 11.8 Å². The van der Waals surface area contributed by atoms with Gasteiger partial charge in [0, 0.05) is 0 Å². The molecule has 0 fully saturated rings. The van der Waals surface area contributed by atoms with Crippen molar-refractivity contribution < 1.29 is 9.90 Å². The summed E-state index contributed by atoms with van der Waals surface area (Å²) in [6, 6.07) is 0. The zero-order chi connectivity index (χ0) is 8.85. The third-order valence-corrected chi connectivity index (χ3v) is 2.05. The van der Waals surface area contributed by atoms with Gasteiger partial charge in [0.2, 0.25) is 0 Å². The molecule has 0 bridgehead atoms. The Hall–Kier alpha value is -0.530. The Labute approximate surface area is 68.6 Å². The molecule has 2 nitrogen and oxygen atoms in total. The van der Waals surface area contributed by atoms with Gasteiger partial charge in [0.1, 0.15) is 0 Å². The summed E-state index contributed by atoms with van der Waals surface area (Å²) in [7, 11) is 0. The van der Waals surface area contributed by atoms with Crippen LogP contribution in [0.15, 0.2) is 0 Å². The molecule has 65 valence electrons. The molecular weight excluding hydrogens is 140 g/mol. The van der Waals surface area contributed by atoms with E-state index in [1.54, 1.807) is 0 Å². The van der Waals surface area contributed by atoms with Crippen LogP contribution in [0.1, 0.15) is 33.6 Å². The van der Waals surface area contributed by atoms with Gasteiger partial charge in [-0.05, 0) is 11.8 Å². The highest BCUT2D eigenvalue weighted by molar-refractivity contribution is 5.76. The van der Waals surface area contributed by atoms with E-state index >= 15 is 0 Å². The second-order valence-corrected chi connectivity index (χ2v) is 3.13. The molecule has 0 spiro atoms. The Bertz CT molecular complexity index is 121. The molecule has 0 aliphatic rings. The molecule has 0 aromatic heterocycles. The van der Waals surface area contributed by atoms with Gasteiger partial charge in [-0.3, -0.25) is 4.79 Å². The Morgan fingerprint density at radius 3 is 2.45 bits per heavy atom. The van der Waals surface area contributed by atoms with Gasteiger partial charge in [-0.1, -0.05) is 33.6 Å². The van der Waals surface area contributed by atoms with Crippen molar-refractivity contribution in [3.05, 3.63) is 6.42 Å². The monoisotopic (exact) mass is 157 g/mol. The van der Waals surface area contributed by atoms with Crippen LogP contribution < -0.4 is 0 Å². The first-order valence-corrected chi connectivity index (χ1v) is 4.15. The van der Waals surface area contributed by atoms with Gasteiger partial charge in [0.15, 0.2) is 0 Å². The lowest BCUT2D eigenvalue weighted by Crippen LogP contribution is -2.13. The predicted molar refractivity (Wildman–Crippen MR) is 45.2 cm³/mol. The minimum atomic E-state index is -0.805. The van der Waals surface area contributed by atoms with Crippen molar-refractivity contribution in [1.29, 1.82) is 0 Å². The smallest absolute Gasteiger partial charge is 0.307 e. The highest BCUT2D eigenvalue weighted by atomic mass is 16.4. The predicted octanol–water partition coefficient (Wildman–Crippen LogP) is 2.35. The molecule has 2 unspecified atom stereocenters. The van der Waals surface area contributed by atoms with E-state index in [1.807, 2.05) is 6.92 Å². The van der Waals surface area contributed by atoms with Crippen molar-refractivity contribution in [3.63, 3.8) is 0 Å². The first-order chi connectivity index (χ1) is 5.07. The number of rotatable bonds is 5. The van der Waals surface area contributed by atoms with E-state index in [2.05, 4.69) is 13.8 Å². The molecule has 11 heavy (non-hydrogen) atoms. The van der Waals surface area contributed by atoms with E-state index in [4.69, 9.17) is 5.11 Å². The van der Waals surface area contributed by atoms with Gasteiger partial charge in [0.05, 0.1) is 6.42 Å². The molecule has 0 heterocycles. The number of aliphatic carboxylic acids is 1. The maximum atomic E-state index is 10.3. The van der Waals surface area contributed by atoms with Crippen LogP contribution in [-0.4, -0.2) is 11.1 Å². The van der Waals surface area contributed by atoms with Crippen LogP contribution in [0, 0.1) is 18.3 Å². The standard InChI is InChI=1S/C9H17O2/c1-4-5-7(2)8(3)6-9(10)11/h6-8H,4-5H2,1-3H3,(H,10,11). The van der Waals surface area contributed by atoms with Crippen molar-refractivity contribution in [2.45, 2.75) is 33.6 Å². The zero-order valence-corrected chi connectivity index (χ0v) is 7.50. The van der Waals surface area contributed by atoms with Crippen LogP contribution in [0.4, 0.5) is 0 Å². The Morgan fingerprint density at radius 2 is 2.09 bits per heavy atom. The average Bonchev–Trinajstić information content (AvgIpc) is 1.86. The van der Waals surface area contributed by atoms with E-state index in [0.29, 0.717) is 5.92 Å². The Balaban J connectivity index is 3.63. The van der Waals surface area contributed by atoms with Gasteiger partial charge < -0.3 is 5.11 Å². The van der Waals surface area contributed by atoms with Crippen molar-refractivity contribution in [2.75, 3.05) is 0 Å². The fourth-order valence-electron chi connectivity index (χ4n) is 1.11. The van der Waals surface area contributed by atoms with E-state index in [1.165, 1.54) is 6.42 Å². The largest absolute Gasteiger partial charge is 0.481 e. The quantitative estimate of drug-likeness (QED) is 0.665. The third kappa shape index (κ3) is 4.82. The van der Waals surface area contributed by atoms with Gasteiger partial charge in [-0.25, -0.2) is 0 Å². The van der Waals surface area contributed by atoms with E-state index < -0.39 is 5.97 Å². The van der Waals surface area contributed by atoms with Crippen LogP contribution in [0.25, 0.3) is 0 Å². The summed E-state index contributed by atoms with van der Waals surface area (Å²) in [5, 5.41) is 8.45. The summed E-state index contributed by atoms with van der Waals surface area (Å²) in [5.41, 5.74) is 0. The zero-order valence-electron chi connectivity index (χ0n) is 7.50. The number of hydrogen-bond acceptors (Lipinski definition) is 1. The van der Waals surface area contributed by atoms with Crippen molar-refractivity contribution in [1.82, 2.24) is 0 Å². The topological polar surface area (TPSA) is 37.3 Å². The lowest BCUT2D eigenvalue weighted by Gasteiger charge is -2.16. The van der Waals surface area contributed by atoms with Gasteiger partial charge in [-0.2, -0.15) is 0 Å². The van der Waals surface area contributed by atoms with Crippen molar-refractivity contribution >= 4 is 5.97 Å². The molecular formula is C9H17O2. The summed E-state index contributed by atoms with van der Waals surface area (Å²) in [6.07, 6.45) is 3.60. The second kappa shape index (κ2) is 5.16. The molecule has 1 N–H and O–H groups in total. The average molecular weight is 157 g/mol. The summed E-state index contributed by atoms with van der Waals surface area (Å²) in [5.74, 6) is -0.135. The lowest BCUT2D eigenvalue weighted by molar-refractivity contribution is -0.133. The Kier molecular flexibility index (Phi) is 4.92. The molecule has 0 rings (SSSR count). The summed E-state index contributed by atoms with van der Waals surface area (Å²) >= 11 is 0. The number of carbonyl (C=O) groups is 1. The molecule has 2 heteroatoms. The number of hydrogen-bond donors (Lipinski definition) is 1. The lowest BCUT2D eigenvalue weighted by atomic mass is 9.89. The molecule has 0 aromatic carbocycles. The maximum absolute atomic E-state index is 10.3. The van der Waals surface area contributed by atoms with Gasteiger partial charge >= 0.3 is 5.97 Å². The first kappa shape index (κ1) is 10.5. The molecule has 0 aromatic rings. The molecule has 0 saturated heterocycles. The summed E-state index contributed by atoms with van der Waals surface area (Å²) < 4.78 is 0. The van der Waals surface area contributed by atoms with E-state index in [9.17, 15) is 4.79 Å². The minimum Gasteiger partial charge on any atom is -0.481 e. The molecule has 1 radical (unpaired) electrons. The second-order valence-electron chi connectivity index (χ2n) is 3.13. The first-order valence-electron chi connectivity index (χ1n) is 4.15. The van der Waals surface area contributed by atoms with Crippen molar-refractivity contribution in [3.8, 4) is 0 Å². The van der Waals surface area contributed by atoms with Crippen LogP contribution >= 0.6 is 0 Å². The van der Waals surface area contributed by atoms with Crippen LogP contribution in [0.5, 0.6) is 0 Å². The third-order valence-electron chi connectivity index (χ3n) is 2.05. The van der Waals surface area contributed by atoms with E-state index in [0.717, 1.165) is 12.8 Å². The highest BCUT2D eigenvalue weighted by Crippen LogP contribution is 2.18. The molecule has 0 saturated carbocycles. The molecule has 0 amide bonds. The number of carboxylic acids is 1. The van der Waals surface area contributed by atoms with E-state index in [-0.39, 0.29) is 5.92 Å². The fraction of sp³-hybridized carbons (Fsp3) is 0.778. The normalized spacial score (nSPS) is 15.9. The summed E-state index contributed by atoms with van der Waals surface area (Å²) in [4.78, 5) is 10.3.